The van der Waals surface area contributed by atoms with E-state index in [0.717, 1.165) is 0 Å². The number of nitrogens with zero attached hydrogens (tertiary/aromatic N) is 3. The first-order valence-corrected chi connectivity index (χ1v) is 14.3. The maximum absolute atomic E-state index is 13.1. The van der Waals surface area contributed by atoms with Gasteiger partial charge in [-0.3, -0.25) is 9.59 Å². The molecule has 3 rings (SSSR count). The van der Waals surface area contributed by atoms with E-state index in [4.69, 9.17) is 16.3 Å². The summed E-state index contributed by atoms with van der Waals surface area (Å²) in [5.41, 5.74) is 1.21. The Labute approximate surface area is 243 Å². The highest BCUT2D eigenvalue weighted by Gasteiger charge is 2.25. The molecule has 9 nitrogen and oxygen atoms in total. The van der Waals surface area contributed by atoms with Crippen LogP contribution in [0.25, 0.3) is 0 Å². The van der Waals surface area contributed by atoms with E-state index >= 15 is 0 Å². The molecule has 1 aromatic heterocycles. The van der Waals surface area contributed by atoms with Gasteiger partial charge >= 0.3 is 5.97 Å². The van der Waals surface area contributed by atoms with Crippen LogP contribution in [0.5, 0.6) is 0 Å². The molecule has 2 aromatic carbocycles. The number of halogens is 1. The van der Waals surface area contributed by atoms with Crippen molar-refractivity contribution in [2.24, 2.45) is 5.92 Å². The number of rotatable bonds is 13. The highest BCUT2D eigenvalue weighted by molar-refractivity contribution is 7.99. The predicted octanol–water partition coefficient (Wildman–Crippen LogP) is 5.93. The van der Waals surface area contributed by atoms with Crippen LogP contribution in [0.2, 0.25) is 5.02 Å². The van der Waals surface area contributed by atoms with Crippen LogP contribution in [0.1, 0.15) is 66.7 Å². The molecule has 2 N–H and O–H groups in total. The number of carbonyl (C=O) groups excluding carboxylic acids is 3. The number of ether oxygens (including phenoxy) is 1. The summed E-state index contributed by atoms with van der Waals surface area (Å²) >= 11 is 7.45. The minimum absolute atomic E-state index is 0.0524. The average molecular weight is 584 g/mol. The monoisotopic (exact) mass is 583 g/mol. The van der Waals surface area contributed by atoms with Gasteiger partial charge in [-0.05, 0) is 56.5 Å². The normalized spacial score (nSPS) is 11.8. The van der Waals surface area contributed by atoms with Crippen molar-refractivity contribution >= 4 is 46.8 Å². The van der Waals surface area contributed by atoms with Crippen molar-refractivity contribution in [2.75, 3.05) is 11.1 Å². The summed E-state index contributed by atoms with van der Waals surface area (Å²) in [5.74, 6) is -0.175. The first kappa shape index (κ1) is 30.9. The molecular formula is C29H34ClN5O4S. The highest BCUT2D eigenvalue weighted by Crippen LogP contribution is 2.26. The minimum atomic E-state index is -0.455. The number of thioether (sulfide) groups is 1. The first-order valence-electron chi connectivity index (χ1n) is 12.9. The minimum Gasteiger partial charge on any atom is -0.459 e. The van der Waals surface area contributed by atoms with Crippen molar-refractivity contribution in [1.82, 2.24) is 20.1 Å². The van der Waals surface area contributed by atoms with Crippen LogP contribution in [-0.2, 0) is 16.1 Å². The Morgan fingerprint density at radius 2 is 1.85 bits per heavy atom. The molecule has 1 atom stereocenters. The second kappa shape index (κ2) is 14.7. The molecule has 11 heteroatoms. The molecule has 3 aromatic rings. The van der Waals surface area contributed by atoms with Crippen molar-refractivity contribution in [1.29, 1.82) is 0 Å². The number of aromatic nitrogens is 3. The van der Waals surface area contributed by atoms with Gasteiger partial charge in [0, 0.05) is 12.2 Å². The van der Waals surface area contributed by atoms with Crippen molar-refractivity contribution in [3.8, 4) is 0 Å². The molecule has 0 radical (unpaired) electrons. The van der Waals surface area contributed by atoms with Gasteiger partial charge in [-0.1, -0.05) is 61.5 Å². The first-order chi connectivity index (χ1) is 19.1. The van der Waals surface area contributed by atoms with E-state index in [1.165, 1.54) is 11.8 Å². The number of nitrogens with one attached hydrogen (secondary N) is 2. The van der Waals surface area contributed by atoms with E-state index in [2.05, 4.69) is 41.3 Å². The second-order valence-electron chi connectivity index (χ2n) is 9.75. The Balaban J connectivity index is 1.74. The van der Waals surface area contributed by atoms with E-state index in [1.807, 2.05) is 4.57 Å². The summed E-state index contributed by atoms with van der Waals surface area (Å²) in [6.07, 6.45) is 2.08. The quantitative estimate of drug-likeness (QED) is 0.145. The zero-order valence-electron chi connectivity index (χ0n) is 23.0. The molecule has 0 aliphatic heterocycles. The Morgan fingerprint density at radius 1 is 1.10 bits per heavy atom. The number of anilines is 1. The molecule has 0 saturated heterocycles. The van der Waals surface area contributed by atoms with Crippen molar-refractivity contribution in [2.45, 2.75) is 58.0 Å². The number of amides is 2. The van der Waals surface area contributed by atoms with Crippen LogP contribution in [0.15, 0.2) is 66.3 Å². The van der Waals surface area contributed by atoms with Gasteiger partial charge in [0.15, 0.2) is 11.0 Å². The summed E-state index contributed by atoms with van der Waals surface area (Å²) in [6, 6.07) is 13.0. The third-order valence-corrected chi connectivity index (χ3v) is 6.85. The zero-order valence-corrected chi connectivity index (χ0v) is 24.6. The maximum atomic E-state index is 13.1. The number of hydrogen-bond acceptors (Lipinski definition) is 7. The fourth-order valence-corrected chi connectivity index (χ4v) is 4.86. The molecule has 0 saturated carbocycles. The molecule has 0 aliphatic rings. The lowest BCUT2D eigenvalue weighted by Crippen LogP contribution is -2.32. The van der Waals surface area contributed by atoms with Gasteiger partial charge in [-0.15, -0.1) is 16.8 Å². The fraction of sp³-hybridized carbons (Fsp3) is 0.345. The van der Waals surface area contributed by atoms with Gasteiger partial charge in [0.05, 0.1) is 34.0 Å². The topological polar surface area (TPSA) is 115 Å². The van der Waals surface area contributed by atoms with Gasteiger partial charge in [-0.25, -0.2) is 4.79 Å². The van der Waals surface area contributed by atoms with Crippen LogP contribution in [0.3, 0.4) is 0 Å². The largest absolute Gasteiger partial charge is 0.459 e. The molecule has 0 aliphatic carbocycles. The third-order valence-electron chi connectivity index (χ3n) is 5.56. The van der Waals surface area contributed by atoms with Crippen molar-refractivity contribution in [3.05, 3.63) is 83.2 Å². The Bertz CT molecular complexity index is 1360. The fourth-order valence-electron chi connectivity index (χ4n) is 3.88. The number of carbonyl (C=O) groups is 3. The number of benzene rings is 2. The lowest BCUT2D eigenvalue weighted by Gasteiger charge is -2.21. The van der Waals surface area contributed by atoms with Crippen LogP contribution < -0.4 is 10.6 Å². The smallest absolute Gasteiger partial charge is 0.338 e. The maximum Gasteiger partial charge on any atom is 0.338 e. The molecule has 0 unspecified atom stereocenters. The van der Waals surface area contributed by atoms with Crippen molar-refractivity contribution < 1.29 is 19.1 Å². The molecule has 0 bridgehead atoms. The van der Waals surface area contributed by atoms with E-state index in [1.54, 1.807) is 68.5 Å². The van der Waals surface area contributed by atoms with Crippen LogP contribution >= 0.6 is 23.4 Å². The highest BCUT2D eigenvalue weighted by atomic mass is 35.5. The third kappa shape index (κ3) is 8.69. The van der Waals surface area contributed by atoms with Crippen molar-refractivity contribution in [3.63, 3.8) is 0 Å². The van der Waals surface area contributed by atoms with Crippen LogP contribution in [0, 0.1) is 5.92 Å². The molecule has 0 spiro atoms. The molecule has 0 fully saturated rings. The van der Waals surface area contributed by atoms with Crippen LogP contribution in [-0.4, -0.2) is 44.4 Å². The molecule has 212 valence electrons. The molecule has 40 heavy (non-hydrogen) atoms. The summed E-state index contributed by atoms with van der Waals surface area (Å²) < 4.78 is 7.06. The second-order valence-corrected chi connectivity index (χ2v) is 11.1. The molecular weight excluding hydrogens is 550 g/mol. The summed E-state index contributed by atoms with van der Waals surface area (Å²) in [5, 5.41) is 15.4. The Morgan fingerprint density at radius 3 is 2.52 bits per heavy atom. The Kier molecular flexibility index (Phi) is 11.3. The SMILES string of the molecule is C=CCn1c(SCC(=O)Nc2cccc(C(=O)OC(C)C)c2)nnc1[C@H](CC(C)C)NC(=O)c1ccccc1Cl. The summed E-state index contributed by atoms with van der Waals surface area (Å²) in [7, 11) is 0. The van der Waals surface area contributed by atoms with Gasteiger partial charge in [0.25, 0.3) is 5.91 Å². The van der Waals surface area contributed by atoms with E-state index < -0.39 is 12.0 Å². The standard InChI is InChI=1S/C29H34ClN5O4S/c1-6-14-35-26(24(15-18(2)3)32-27(37)22-12-7-8-13-23(22)30)33-34-29(35)40-17-25(36)31-21-11-9-10-20(16-21)28(38)39-19(4)5/h6-13,16,18-19,24H,1,14-15,17H2,2-5H3,(H,31,36)(H,32,37)/t24-/m0/s1. The predicted molar refractivity (Wildman–Crippen MR) is 158 cm³/mol. The number of hydrogen-bond donors (Lipinski definition) is 2. The molecule has 2 amide bonds. The molecule has 1 heterocycles. The average Bonchev–Trinajstić information content (AvgIpc) is 3.29. The van der Waals surface area contributed by atoms with Gasteiger partial charge in [0.1, 0.15) is 0 Å². The van der Waals surface area contributed by atoms with Crippen LogP contribution in [0.4, 0.5) is 5.69 Å². The van der Waals surface area contributed by atoms with Gasteiger partial charge in [0.2, 0.25) is 5.91 Å². The van der Waals surface area contributed by atoms with E-state index in [-0.39, 0.29) is 29.6 Å². The van der Waals surface area contributed by atoms with E-state index in [9.17, 15) is 14.4 Å². The lowest BCUT2D eigenvalue weighted by molar-refractivity contribution is -0.113. The summed E-state index contributed by atoms with van der Waals surface area (Å²) in [6.45, 7) is 11.9. The number of esters is 1. The number of allylic oxidation sites excluding steroid dienone is 1. The lowest BCUT2D eigenvalue weighted by atomic mass is 10.0. The van der Waals surface area contributed by atoms with E-state index in [0.29, 0.717) is 45.8 Å². The summed E-state index contributed by atoms with van der Waals surface area (Å²) in [4.78, 5) is 38.0. The Hall–Kier alpha value is -3.63. The zero-order chi connectivity index (χ0) is 29.2. The van der Waals surface area contributed by atoms with Gasteiger partial charge in [-0.2, -0.15) is 0 Å². The van der Waals surface area contributed by atoms with Gasteiger partial charge < -0.3 is 19.9 Å².